The minimum atomic E-state index is -0.341. The molecule has 0 aromatic carbocycles. The van der Waals surface area contributed by atoms with E-state index in [1.165, 1.54) is 32.1 Å². The number of fused-ring (bicyclic) bond motifs is 5. The fourth-order valence-corrected chi connectivity index (χ4v) is 9.84. The van der Waals surface area contributed by atoms with Gasteiger partial charge in [-0.15, -0.1) is 0 Å². The molecule has 4 fully saturated rings. The number of carbonyl (C=O) groups is 1. The lowest BCUT2D eigenvalue weighted by atomic mass is 9.44. The van der Waals surface area contributed by atoms with Crippen molar-refractivity contribution in [2.45, 2.75) is 123 Å². The number of rotatable bonds is 7. The van der Waals surface area contributed by atoms with Gasteiger partial charge < -0.3 is 15.9 Å². The highest BCUT2D eigenvalue weighted by molar-refractivity contribution is 5.81. The van der Waals surface area contributed by atoms with E-state index in [-0.39, 0.29) is 35.4 Å². The molecule has 4 nitrogen and oxygen atoms in total. The molecule has 4 saturated carbocycles. The summed E-state index contributed by atoms with van der Waals surface area (Å²) in [5, 5.41) is 21.6. The highest BCUT2D eigenvalue weighted by Gasteiger charge is 2.62. The van der Waals surface area contributed by atoms with Crippen LogP contribution in [0.5, 0.6) is 0 Å². The molecule has 4 heteroatoms. The van der Waals surface area contributed by atoms with Crippen molar-refractivity contribution in [3.8, 4) is 0 Å². The molecule has 0 radical (unpaired) electrons. The van der Waals surface area contributed by atoms with E-state index in [2.05, 4.69) is 27.7 Å². The van der Waals surface area contributed by atoms with Crippen LogP contribution in [0, 0.1) is 52.3 Å². The molecule has 12 atom stereocenters. The van der Waals surface area contributed by atoms with Gasteiger partial charge in [0.15, 0.2) is 0 Å². The molecule has 4 rings (SSSR count). The van der Waals surface area contributed by atoms with Crippen LogP contribution < -0.4 is 5.73 Å². The van der Waals surface area contributed by atoms with Crippen LogP contribution in [-0.4, -0.2) is 34.2 Å². The van der Waals surface area contributed by atoms with Crippen molar-refractivity contribution in [1.82, 2.24) is 0 Å². The van der Waals surface area contributed by atoms with E-state index in [0.717, 1.165) is 50.4 Å². The highest BCUT2D eigenvalue weighted by atomic mass is 16.3. The van der Waals surface area contributed by atoms with Gasteiger partial charge in [0.1, 0.15) is 5.78 Å². The Labute approximate surface area is 202 Å². The van der Waals surface area contributed by atoms with Crippen molar-refractivity contribution in [2.24, 2.45) is 58.0 Å². The van der Waals surface area contributed by atoms with Crippen molar-refractivity contribution in [2.75, 3.05) is 0 Å². The van der Waals surface area contributed by atoms with Crippen LogP contribution in [0.3, 0.4) is 0 Å². The first kappa shape index (κ1) is 25.6. The van der Waals surface area contributed by atoms with Crippen LogP contribution in [0.4, 0.5) is 0 Å². The molecule has 4 aliphatic carbocycles. The molecule has 0 heterocycles. The molecule has 0 saturated heterocycles. The maximum atomic E-state index is 11.6. The quantitative estimate of drug-likeness (QED) is 0.478. The first-order valence-electron chi connectivity index (χ1n) is 14.1. The van der Waals surface area contributed by atoms with E-state index in [4.69, 9.17) is 5.73 Å². The number of ketones is 1. The minimum absolute atomic E-state index is 0.0836. The summed E-state index contributed by atoms with van der Waals surface area (Å²) < 4.78 is 0. The Morgan fingerprint density at radius 3 is 2.36 bits per heavy atom. The van der Waals surface area contributed by atoms with Gasteiger partial charge in [-0.2, -0.15) is 0 Å². The van der Waals surface area contributed by atoms with Crippen molar-refractivity contribution in [1.29, 1.82) is 0 Å². The summed E-state index contributed by atoms with van der Waals surface area (Å²) in [6.07, 6.45) is 12.2. The van der Waals surface area contributed by atoms with Crippen molar-refractivity contribution >= 4 is 5.78 Å². The van der Waals surface area contributed by atoms with Crippen LogP contribution >= 0.6 is 0 Å². The molecular formula is C29H51NO3. The average Bonchev–Trinajstić information content (AvgIpc) is 3.03. The fraction of sp³-hybridized carbons (Fsp3) is 0.966. The summed E-state index contributed by atoms with van der Waals surface area (Å²) >= 11 is 0. The summed E-state index contributed by atoms with van der Waals surface area (Å²) in [7, 11) is 0. The van der Waals surface area contributed by atoms with E-state index < -0.39 is 0 Å². The number of hydrogen-bond donors (Lipinski definition) is 3. The Hall–Kier alpha value is -0.450. The number of aliphatic hydroxyl groups excluding tert-OH is 2. The van der Waals surface area contributed by atoms with Gasteiger partial charge in [0.05, 0.1) is 18.2 Å². The second-order valence-electron chi connectivity index (χ2n) is 13.5. The Bertz CT molecular complexity index is 711. The zero-order chi connectivity index (χ0) is 24.1. The predicted molar refractivity (Wildman–Crippen MR) is 133 cm³/mol. The standard InChI is InChI=1S/C29H51NO3/c1-17(7-6-8-18(2)27(30)19(3)31)26-25(33)16-24-22-10-9-20-15-21(32)11-13-28(20,4)23(22)12-14-29(24,26)5/h17-18,20-27,32-33H,6-16,30H2,1-5H3/t17-,18+,20+,21+,22-,23+,24+,25+,26+,27?,28+,29+/m1/s1. The second kappa shape index (κ2) is 9.54. The Kier molecular flexibility index (Phi) is 7.41. The van der Waals surface area contributed by atoms with Crippen molar-refractivity contribution in [3.63, 3.8) is 0 Å². The number of nitrogens with two attached hydrogens (primary N) is 1. The molecular weight excluding hydrogens is 410 g/mol. The minimum Gasteiger partial charge on any atom is -0.393 e. The maximum Gasteiger partial charge on any atom is 0.146 e. The van der Waals surface area contributed by atoms with Gasteiger partial charge in [0, 0.05) is 0 Å². The van der Waals surface area contributed by atoms with Crippen LogP contribution in [0.1, 0.15) is 105 Å². The van der Waals surface area contributed by atoms with E-state index in [9.17, 15) is 15.0 Å². The van der Waals surface area contributed by atoms with Gasteiger partial charge in [-0.3, -0.25) is 4.79 Å². The smallest absolute Gasteiger partial charge is 0.146 e. The number of aliphatic hydroxyl groups is 2. The first-order chi connectivity index (χ1) is 15.5. The molecule has 0 amide bonds. The third-order valence-corrected chi connectivity index (χ3v) is 11.8. The fourth-order valence-electron chi connectivity index (χ4n) is 9.84. The van der Waals surface area contributed by atoms with E-state index >= 15 is 0 Å². The summed E-state index contributed by atoms with van der Waals surface area (Å²) in [6, 6.07) is -0.341. The van der Waals surface area contributed by atoms with Crippen molar-refractivity contribution in [3.05, 3.63) is 0 Å². The zero-order valence-corrected chi connectivity index (χ0v) is 21.9. The molecule has 4 aliphatic rings. The summed E-state index contributed by atoms with van der Waals surface area (Å²) in [4.78, 5) is 11.6. The average molecular weight is 462 g/mol. The third-order valence-electron chi connectivity index (χ3n) is 11.8. The van der Waals surface area contributed by atoms with Gasteiger partial charge in [0.2, 0.25) is 0 Å². The number of hydrogen-bond acceptors (Lipinski definition) is 4. The molecule has 33 heavy (non-hydrogen) atoms. The van der Waals surface area contributed by atoms with Gasteiger partial charge in [0.25, 0.3) is 0 Å². The van der Waals surface area contributed by atoms with E-state index in [1.54, 1.807) is 6.92 Å². The zero-order valence-electron chi connectivity index (χ0n) is 21.9. The van der Waals surface area contributed by atoms with Gasteiger partial charge in [-0.05, 0) is 117 Å². The van der Waals surface area contributed by atoms with E-state index in [1.807, 2.05) is 0 Å². The Morgan fingerprint density at radius 2 is 1.67 bits per heavy atom. The number of carbonyl (C=O) groups excluding carboxylic acids is 1. The summed E-state index contributed by atoms with van der Waals surface area (Å²) in [5.74, 6) is 4.07. The maximum absolute atomic E-state index is 11.6. The Morgan fingerprint density at radius 1 is 0.970 bits per heavy atom. The van der Waals surface area contributed by atoms with Crippen LogP contribution in [0.2, 0.25) is 0 Å². The van der Waals surface area contributed by atoms with Crippen molar-refractivity contribution < 1.29 is 15.0 Å². The normalized spacial score (nSPS) is 47.7. The summed E-state index contributed by atoms with van der Waals surface area (Å²) in [6.45, 7) is 11.1. The Balaban J connectivity index is 1.42. The van der Waals surface area contributed by atoms with Gasteiger partial charge >= 0.3 is 0 Å². The molecule has 0 spiro atoms. The van der Waals surface area contributed by atoms with Gasteiger partial charge in [-0.25, -0.2) is 0 Å². The topological polar surface area (TPSA) is 83.6 Å². The van der Waals surface area contributed by atoms with Crippen LogP contribution in [0.15, 0.2) is 0 Å². The molecule has 4 N–H and O–H groups in total. The second-order valence-corrected chi connectivity index (χ2v) is 13.5. The highest BCUT2D eigenvalue weighted by Crippen LogP contribution is 2.68. The largest absolute Gasteiger partial charge is 0.393 e. The molecule has 1 unspecified atom stereocenters. The molecule has 0 aromatic rings. The monoisotopic (exact) mass is 461 g/mol. The van der Waals surface area contributed by atoms with E-state index in [0.29, 0.717) is 29.1 Å². The lowest BCUT2D eigenvalue weighted by molar-refractivity contribution is -0.130. The predicted octanol–water partition coefficient (Wildman–Crippen LogP) is 5.34. The van der Waals surface area contributed by atoms with Crippen LogP contribution in [-0.2, 0) is 4.79 Å². The molecule has 190 valence electrons. The first-order valence-corrected chi connectivity index (χ1v) is 14.1. The van der Waals surface area contributed by atoms with Gasteiger partial charge in [-0.1, -0.05) is 40.5 Å². The molecule has 0 aromatic heterocycles. The number of Topliss-reactive ketones (excluding diaryl/α,β-unsaturated/α-hetero) is 1. The third kappa shape index (κ3) is 4.47. The summed E-state index contributed by atoms with van der Waals surface area (Å²) in [5.41, 5.74) is 6.69. The SMILES string of the molecule is CC(=O)C(N)[C@@H](C)CCC[C@@H](C)[C@H]1[C@@H](O)C[C@H]2[C@@H]3CC[C@H]4C[C@@H](O)CC[C@]4(C)[C@H]3CC[C@]12C. The lowest BCUT2D eigenvalue weighted by Crippen LogP contribution is -2.54. The van der Waals surface area contributed by atoms with Crippen LogP contribution in [0.25, 0.3) is 0 Å². The molecule has 0 aliphatic heterocycles. The molecule has 0 bridgehead atoms. The lowest BCUT2D eigenvalue weighted by Gasteiger charge is -2.61.